The van der Waals surface area contributed by atoms with Crippen molar-refractivity contribution >= 4 is 5.97 Å². The first-order valence-electron chi connectivity index (χ1n) is 5.23. The Labute approximate surface area is 79.7 Å². The van der Waals surface area contributed by atoms with E-state index in [0.717, 1.165) is 18.8 Å². The van der Waals surface area contributed by atoms with Crippen molar-refractivity contribution in [3.63, 3.8) is 0 Å². The summed E-state index contributed by atoms with van der Waals surface area (Å²) in [6.07, 6.45) is 3.69. The molecule has 0 bridgehead atoms. The Morgan fingerprint density at radius 2 is 2.08 bits per heavy atom. The van der Waals surface area contributed by atoms with E-state index in [4.69, 9.17) is 4.74 Å². The van der Waals surface area contributed by atoms with Gasteiger partial charge in [-0.3, -0.25) is 4.79 Å². The van der Waals surface area contributed by atoms with E-state index in [1.54, 1.807) is 0 Å². The van der Waals surface area contributed by atoms with Gasteiger partial charge in [-0.1, -0.05) is 13.3 Å². The Morgan fingerprint density at radius 3 is 2.77 bits per heavy atom. The summed E-state index contributed by atoms with van der Waals surface area (Å²) < 4.78 is 5.41. The molecule has 74 valence electrons. The topological polar surface area (TPSA) is 26.3 Å². The quantitative estimate of drug-likeness (QED) is 0.538. The van der Waals surface area contributed by atoms with E-state index in [2.05, 4.69) is 6.92 Å². The molecule has 2 heteroatoms. The Kier molecular flexibility index (Phi) is 1.90. The lowest BCUT2D eigenvalue weighted by atomic mass is 9.70. The number of esters is 1. The van der Waals surface area contributed by atoms with Crippen molar-refractivity contribution in [3.8, 4) is 0 Å². The average molecular weight is 182 g/mol. The summed E-state index contributed by atoms with van der Waals surface area (Å²) in [7, 11) is 0. The highest BCUT2D eigenvalue weighted by Gasteiger charge is 2.52. The van der Waals surface area contributed by atoms with E-state index < -0.39 is 0 Å². The van der Waals surface area contributed by atoms with Crippen LogP contribution in [0.4, 0.5) is 0 Å². The Bertz CT molecular complexity index is 232. The molecule has 2 aliphatic rings. The summed E-state index contributed by atoms with van der Waals surface area (Å²) in [5, 5.41) is 0. The second-order valence-electron chi connectivity index (χ2n) is 5.19. The van der Waals surface area contributed by atoms with Crippen LogP contribution in [-0.2, 0) is 9.53 Å². The fourth-order valence-corrected chi connectivity index (χ4v) is 2.73. The average Bonchev–Trinajstić information content (AvgIpc) is 2.23. The minimum absolute atomic E-state index is 0.0107. The first-order valence-corrected chi connectivity index (χ1v) is 5.23. The molecule has 0 spiro atoms. The Balaban J connectivity index is 2.18. The SMILES string of the molecule is C[C@@H]1CC[C@H]2[C@H](C1)OC(=O)C2(C)C. The summed E-state index contributed by atoms with van der Waals surface area (Å²) >= 11 is 0. The number of ether oxygens (including phenoxy) is 1. The predicted molar refractivity (Wildman–Crippen MR) is 50.2 cm³/mol. The Morgan fingerprint density at radius 1 is 1.38 bits per heavy atom. The molecule has 1 saturated heterocycles. The molecule has 0 radical (unpaired) electrons. The third-order valence-electron chi connectivity index (χ3n) is 3.77. The summed E-state index contributed by atoms with van der Waals surface area (Å²) in [6.45, 7) is 6.29. The summed E-state index contributed by atoms with van der Waals surface area (Å²) in [5.41, 5.74) is -0.231. The van der Waals surface area contributed by atoms with Gasteiger partial charge in [-0.15, -0.1) is 0 Å². The van der Waals surface area contributed by atoms with Crippen molar-refractivity contribution < 1.29 is 9.53 Å². The smallest absolute Gasteiger partial charge is 0.312 e. The van der Waals surface area contributed by atoms with Gasteiger partial charge in [0.05, 0.1) is 5.41 Å². The van der Waals surface area contributed by atoms with Crippen molar-refractivity contribution in [3.05, 3.63) is 0 Å². The summed E-state index contributed by atoms with van der Waals surface area (Å²) in [6, 6.07) is 0. The van der Waals surface area contributed by atoms with Gasteiger partial charge in [-0.05, 0) is 32.6 Å². The molecule has 2 nitrogen and oxygen atoms in total. The van der Waals surface area contributed by atoms with Crippen LogP contribution in [0, 0.1) is 17.3 Å². The lowest BCUT2D eigenvalue weighted by Gasteiger charge is -2.32. The zero-order chi connectivity index (χ0) is 9.64. The third kappa shape index (κ3) is 1.27. The molecule has 1 aliphatic carbocycles. The third-order valence-corrected chi connectivity index (χ3v) is 3.77. The largest absolute Gasteiger partial charge is 0.462 e. The molecule has 3 atom stereocenters. The maximum absolute atomic E-state index is 11.5. The minimum atomic E-state index is -0.231. The number of hydrogen-bond donors (Lipinski definition) is 0. The minimum Gasteiger partial charge on any atom is -0.462 e. The van der Waals surface area contributed by atoms with Crippen molar-refractivity contribution in [1.82, 2.24) is 0 Å². The fourth-order valence-electron chi connectivity index (χ4n) is 2.73. The second-order valence-corrected chi connectivity index (χ2v) is 5.19. The van der Waals surface area contributed by atoms with Gasteiger partial charge < -0.3 is 4.74 Å². The molecule has 13 heavy (non-hydrogen) atoms. The van der Waals surface area contributed by atoms with Crippen LogP contribution in [0.1, 0.15) is 40.0 Å². The molecule has 0 N–H and O–H groups in total. The fraction of sp³-hybridized carbons (Fsp3) is 0.909. The van der Waals surface area contributed by atoms with Gasteiger partial charge in [0.2, 0.25) is 0 Å². The monoisotopic (exact) mass is 182 g/mol. The number of carbonyl (C=O) groups excluding carboxylic acids is 1. The molecule has 0 amide bonds. The van der Waals surface area contributed by atoms with Gasteiger partial charge >= 0.3 is 5.97 Å². The van der Waals surface area contributed by atoms with E-state index in [-0.39, 0.29) is 17.5 Å². The van der Waals surface area contributed by atoms with Crippen LogP contribution in [0.3, 0.4) is 0 Å². The normalized spacial score (nSPS) is 42.7. The molecule has 2 fully saturated rings. The molecule has 1 saturated carbocycles. The van der Waals surface area contributed by atoms with Crippen LogP contribution < -0.4 is 0 Å². The van der Waals surface area contributed by atoms with Crippen molar-refractivity contribution in [2.24, 2.45) is 17.3 Å². The maximum atomic E-state index is 11.5. The first-order chi connectivity index (χ1) is 6.01. The molecule has 0 aromatic rings. The lowest BCUT2D eigenvalue weighted by Crippen LogP contribution is -2.32. The highest BCUT2D eigenvalue weighted by Crippen LogP contribution is 2.47. The van der Waals surface area contributed by atoms with Crippen LogP contribution in [0.5, 0.6) is 0 Å². The van der Waals surface area contributed by atoms with Gasteiger partial charge in [0.15, 0.2) is 0 Å². The van der Waals surface area contributed by atoms with Gasteiger partial charge in [0, 0.05) is 5.92 Å². The zero-order valence-corrected chi connectivity index (χ0v) is 8.67. The highest BCUT2D eigenvalue weighted by atomic mass is 16.6. The number of rotatable bonds is 0. The van der Waals surface area contributed by atoms with Crippen molar-refractivity contribution in [2.45, 2.75) is 46.1 Å². The summed E-state index contributed by atoms with van der Waals surface area (Å²) in [4.78, 5) is 11.5. The van der Waals surface area contributed by atoms with Crippen LogP contribution in [0.25, 0.3) is 0 Å². The van der Waals surface area contributed by atoms with Crippen LogP contribution in [0.15, 0.2) is 0 Å². The van der Waals surface area contributed by atoms with Crippen LogP contribution in [0.2, 0.25) is 0 Å². The molecule has 0 aromatic heterocycles. The van der Waals surface area contributed by atoms with Gasteiger partial charge in [0.25, 0.3) is 0 Å². The van der Waals surface area contributed by atoms with Crippen molar-refractivity contribution in [2.75, 3.05) is 0 Å². The van der Waals surface area contributed by atoms with Gasteiger partial charge in [0.1, 0.15) is 6.10 Å². The Hall–Kier alpha value is -0.530. The van der Waals surface area contributed by atoms with E-state index in [1.807, 2.05) is 13.8 Å². The standard InChI is InChI=1S/C11H18O2/c1-7-4-5-8-9(6-7)13-10(12)11(8,2)3/h7-9H,4-6H2,1-3H3/t7-,8+,9+/m1/s1. The van der Waals surface area contributed by atoms with Crippen LogP contribution in [-0.4, -0.2) is 12.1 Å². The van der Waals surface area contributed by atoms with Crippen LogP contribution >= 0.6 is 0 Å². The molecule has 0 unspecified atom stereocenters. The number of hydrogen-bond acceptors (Lipinski definition) is 2. The molecular weight excluding hydrogens is 164 g/mol. The number of carbonyl (C=O) groups is 1. The second kappa shape index (κ2) is 2.73. The van der Waals surface area contributed by atoms with Gasteiger partial charge in [-0.2, -0.15) is 0 Å². The zero-order valence-electron chi connectivity index (χ0n) is 8.67. The van der Waals surface area contributed by atoms with E-state index in [1.165, 1.54) is 6.42 Å². The summed E-state index contributed by atoms with van der Waals surface area (Å²) in [5.74, 6) is 1.20. The molecular formula is C11H18O2. The first kappa shape index (κ1) is 9.04. The maximum Gasteiger partial charge on any atom is 0.312 e. The van der Waals surface area contributed by atoms with Gasteiger partial charge in [-0.25, -0.2) is 0 Å². The van der Waals surface area contributed by atoms with Crippen molar-refractivity contribution in [1.29, 1.82) is 0 Å². The predicted octanol–water partition coefficient (Wildman–Crippen LogP) is 2.37. The molecule has 1 aliphatic heterocycles. The lowest BCUT2D eigenvalue weighted by molar-refractivity contribution is -0.147. The molecule has 2 rings (SSSR count). The molecule has 1 heterocycles. The van der Waals surface area contributed by atoms with E-state index >= 15 is 0 Å². The molecule has 0 aromatic carbocycles. The number of fused-ring (bicyclic) bond motifs is 1. The highest BCUT2D eigenvalue weighted by molar-refractivity contribution is 5.78. The van der Waals surface area contributed by atoms with E-state index in [0.29, 0.717) is 5.92 Å². The van der Waals surface area contributed by atoms with E-state index in [9.17, 15) is 4.79 Å².